The van der Waals surface area contributed by atoms with Gasteiger partial charge in [-0.25, -0.2) is 4.79 Å². The highest BCUT2D eigenvalue weighted by atomic mass is 32.2. The van der Waals surface area contributed by atoms with Crippen LogP contribution in [0.3, 0.4) is 0 Å². The number of esters is 1. The van der Waals surface area contributed by atoms with Gasteiger partial charge in [0.05, 0.1) is 52.5 Å². The fourth-order valence-electron chi connectivity index (χ4n) is 4.55. The second-order valence-electron chi connectivity index (χ2n) is 8.49. The first-order valence-corrected chi connectivity index (χ1v) is 12.9. The molecule has 0 bridgehead atoms. The van der Waals surface area contributed by atoms with E-state index in [0.717, 1.165) is 31.2 Å². The number of carbonyl (C=O) groups is 2. The van der Waals surface area contributed by atoms with E-state index in [1.54, 1.807) is 19.1 Å². The van der Waals surface area contributed by atoms with Crippen LogP contribution in [0, 0.1) is 11.3 Å². The molecule has 2 N–H and O–H groups in total. The molecule has 0 spiro atoms. The number of thioether (sulfide) groups is 1. The second-order valence-corrected chi connectivity index (χ2v) is 9.48. The molecule has 0 radical (unpaired) electrons. The topological polar surface area (TPSA) is 104 Å². The summed E-state index contributed by atoms with van der Waals surface area (Å²) in [5.74, 6) is -0.721. The van der Waals surface area contributed by atoms with E-state index < -0.39 is 11.9 Å². The van der Waals surface area contributed by atoms with Crippen LogP contribution in [0.2, 0.25) is 0 Å². The average molecular weight is 492 g/mol. The van der Waals surface area contributed by atoms with Gasteiger partial charge in [0.2, 0.25) is 5.91 Å². The molecule has 1 aliphatic heterocycles. The van der Waals surface area contributed by atoms with E-state index in [1.807, 2.05) is 30.3 Å². The number of ether oxygens (including phenoxy) is 1. The van der Waals surface area contributed by atoms with Crippen LogP contribution in [0.15, 0.2) is 69.3 Å². The Hall–Kier alpha value is -3.44. The van der Waals surface area contributed by atoms with Crippen molar-refractivity contribution in [3.63, 3.8) is 0 Å². The van der Waals surface area contributed by atoms with Crippen molar-refractivity contribution in [3.05, 3.63) is 76.2 Å². The molecule has 2 aliphatic rings. The van der Waals surface area contributed by atoms with Crippen molar-refractivity contribution in [2.24, 2.45) is 0 Å². The van der Waals surface area contributed by atoms with Gasteiger partial charge in [-0.3, -0.25) is 4.79 Å². The number of rotatable bonds is 8. The summed E-state index contributed by atoms with van der Waals surface area (Å²) in [5, 5.41) is 17.1. The predicted molar refractivity (Wildman–Crippen MR) is 135 cm³/mol. The maximum atomic E-state index is 13.2. The summed E-state index contributed by atoms with van der Waals surface area (Å²) in [4.78, 5) is 25.9. The van der Waals surface area contributed by atoms with Crippen LogP contribution in [-0.4, -0.2) is 30.3 Å². The maximum absolute atomic E-state index is 13.2. The molecule has 182 valence electrons. The van der Waals surface area contributed by atoms with Crippen molar-refractivity contribution >= 4 is 29.3 Å². The number of hydrogen-bond donors (Lipinski definition) is 2. The van der Waals surface area contributed by atoms with Gasteiger partial charge >= 0.3 is 5.97 Å². The van der Waals surface area contributed by atoms with Crippen molar-refractivity contribution in [2.45, 2.75) is 51.0 Å². The average Bonchev–Trinajstić information content (AvgIpc) is 3.42. The molecule has 4 rings (SSSR count). The zero-order valence-corrected chi connectivity index (χ0v) is 20.5. The van der Waals surface area contributed by atoms with E-state index >= 15 is 0 Å². The summed E-state index contributed by atoms with van der Waals surface area (Å²) in [6, 6.07) is 15.4. The normalized spacial score (nSPS) is 18.6. The van der Waals surface area contributed by atoms with Crippen LogP contribution in [-0.2, 0) is 14.3 Å². The van der Waals surface area contributed by atoms with E-state index in [9.17, 15) is 14.9 Å². The summed E-state index contributed by atoms with van der Waals surface area (Å²) in [5.41, 5.74) is 1.94. The summed E-state index contributed by atoms with van der Waals surface area (Å²) in [6.45, 7) is 1.94. The quantitative estimate of drug-likeness (QED) is 0.508. The molecule has 1 atom stereocenters. The van der Waals surface area contributed by atoms with Gasteiger partial charge in [-0.15, -0.1) is 0 Å². The van der Waals surface area contributed by atoms with E-state index in [-0.39, 0.29) is 24.3 Å². The monoisotopic (exact) mass is 491 g/mol. The SMILES string of the molecule is CCOC(=O)C1=C(c2ccccc2)NC(SCC(=O)NC2CCCCC2)=C(C#N)[C@@H]1c1ccco1. The Kier molecular flexibility index (Phi) is 8.32. The number of allylic oxidation sites excluding steroid dienone is 1. The number of carbonyl (C=O) groups excluding carboxylic acids is 2. The number of hydrogen-bond acceptors (Lipinski definition) is 7. The van der Waals surface area contributed by atoms with Gasteiger partial charge < -0.3 is 19.8 Å². The van der Waals surface area contributed by atoms with Crippen LogP contribution in [0.4, 0.5) is 0 Å². The summed E-state index contributed by atoms with van der Waals surface area (Å²) in [7, 11) is 0. The number of dihydropyridines is 1. The third-order valence-electron chi connectivity index (χ3n) is 6.15. The largest absolute Gasteiger partial charge is 0.468 e. The van der Waals surface area contributed by atoms with Crippen LogP contribution in [0.5, 0.6) is 0 Å². The third kappa shape index (κ3) is 5.80. The summed E-state index contributed by atoms with van der Waals surface area (Å²) < 4.78 is 11.1. The number of benzene rings is 1. The Bertz CT molecular complexity index is 1140. The molecule has 35 heavy (non-hydrogen) atoms. The highest BCUT2D eigenvalue weighted by Gasteiger charge is 2.39. The number of nitriles is 1. The van der Waals surface area contributed by atoms with Gasteiger partial charge in [-0.05, 0) is 37.5 Å². The highest BCUT2D eigenvalue weighted by Crippen LogP contribution is 2.43. The predicted octanol–water partition coefficient (Wildman–Crippen LogP) is 4.86. The minimum absolute atomic E-state index is 0.0653. The fourth-order valence-corrected chi connectivity index (χ4v) is 5.40. The second kappa shape index (κ2) is 11.8. The van der Waals surface area contributed by atoms with Crippen molar-refractivity contribution < 1.29 is 18.7 Å². The van der Waals surface area contributed by atoms with E-state index in [4.69, 9.17) is 9.15 Å². The van der Waals surface area contributed by atoms with Crippen LogP contribution < -0.4 is 10.6 Å². The fraction of sp³-hybridized carbons (Fsp3) is 0.370. The molecular formula is C27H29N3O4S. The Labute approximate surface area is 209 Å². The lowest BCUT2D eigenvalue weighted by atomic mass is 9.84. The van der Waals surface area contributed by atoms with Crippen LogP contribution in [0.1, 0.15) is 56.3 Å². The van der Waals surface area contributed by atoms with Crippen LogP contribution >= 0.6 is 11.8 Å². The first-order valence-electron chi connectivity index (χ1n) is 12.0. The lowest BCUT2D eigenvalue weighted by Gasteiger charge is -2.29. The van der Waals surface area contributed by atoms with Crippen molar-refractivity contribution in [2.75, 3.05) is 12.4 Å². The first kappa shape index (κ1) is 24.7. The van der Waals surface area contributed by atoms with Gasteiger partial charge in [0, 0.05) is 6.04 Å². The number of furan rings is 1. The summed E-state index contributed by atoms with van der Waals surface area (Å²) in [6.07, 6.45) is 7.01. The molecule has 7 nitrogen and oxygen atoms in total. The molecule has 0 unspecified atom stereocenters. The Balaban J connectivity index is 1.68. The van der Waals surface area contributed by atoms with Gasteiger partial charge in [0.25, 0.3) is 0 Å². The first-order chi connectivity index (χ1) is 17.1. The molecule has 0 saturated heterocycles. The lowest BCUT2D eigenvalue weighted by Crippen LogP contribution is -2.37. The van der Waals surface area contributed by atoms with Crippen LogP contribution in [0.25, 0.3) is 5.70 Å². The maximum Gasteiger partial charge on any atom is 0.337 e. The van der Waals surface area contributed by atoms with Gasteiger partial charge in [-0.1, -0.05) is 61.4 Å². The smallest absolute Gasteiger partial charge is 0.337 e. The zero-order chi connectivity index (χ0) is 24.6. The number of nitrogens with one attached hydrogen (secondary N) is 2. The molecular weight excluding hydrogens is 462 g/mol. The molecule has 1 fully saturated rings. The molecule has 8 heteroatoms. The van der Waals surface area contributed by atoms with Gasteiger partial charge in [-0.2, -0.15) is 5.26 Å². The zero-order valence-electron chi connectivity index (χ0n) is 19.7. The molecule has 1 amide bonds. The van der Waals surface area contributed by atoms with E-state index in [0.29, 0.717) is 27.6 Å². The van der Waals surface area contributed by atoms with Crippen molar-refractivity contribution in [1.29, 1.82) is 5.26 Å². The third-order valence-corrected chi connectivity index (χ3v) is 7.17. The summed E-state index contributed by atoms with van der Waals surface area (Å²) >= 11 is 1.26. The minimum atomic E-state index is -0.755. The standard InChI is InChI=1S/C27H29N3O4S/c1-2-33-27(32)24-23(21-14-9-15-34-21)20(16-28)26(30-25(24)18-10-5-3-6-11-18)35-17-22(31)29-19-12-7-4-8-13-19/h3,5-6,9-11,14-15,19,23,30H,2,4,7-8,12-13,17H2,1H3,(H,29,31)/t23-/m1/s1. The van der Waals surface area contributed by atoms with E-state index in [2.05, 4.69) is 16.7 Å². The van der Waals surface area contributed by atoms with Gasteiger partial charge in [0.15, 0.2) is 0 Å². The molecule has 1 aromatic heterocycles. The molecule has 1 aliphatic carbocycles. The van der Waals surface area contributed by atoms with Crippen molar-refractivity contribution in [3.8, 4) is 6.07 Å². The van der Waals surface area contributed by atoms with E-state index in [1.165, 1.54) is 24.4 Å². The molecule has 1 saturated carbocycles. The molecule has 1 aromatic carbocycles. The number of amides is 1. The highest BCUT2D eigenvalue weighted by molar-refractivity contribution is 8.03. The minimum Gasteiger partial charge on any atom is -0.468 e. The Morgan fingerprint density at radius 1 is 1.17 bits per heavy atom. The Morgan fingerprint density at radius 3 is 2.60 bits per heavy atom. The Morgan fingerprint density at radius 2 is 1.94 bits per heavy atom. The van der Waals surface area contributed by atoms with Gasteiger partial charge in [0.1, 0.15) is 5.76 Å². The molecule has 2 aromatic rings. The lowest BCUT2D eigenvalue weighted by molar-refractivity contribution is -0.138. The van der Waals surface area contributed by atoms with Crippen molar-refractivity contribution in [1.82, 2.24) is 10.6 Å². The number of nitrogens with zero attached hydrogens (tertiary/aromatic N) is 1. The molecule has 2 heterocycles.